The van der Waals surface area contributed by atoms with Crippen molar-refractivity contribution in [2.24, 2.45) is 5.92 Å². The van der Waals surface area contributed by atoms with Gasteiger partial charge in [-0.15, -0.1) is 0 Å². The van der Waals surface area contributed by atoms with E-state index in [1.807, 2.05) is 12.1 Å². The largest absolute Gasteiger partial charge is 0.314 e. The maximum absolute atomic E-state index is 13.7. The summed E-state index contributed by atoms with van der Waals surface area (Å²) in [5, 5.41) is 3.56. The third-order valence-corrected chi connectivity index (χ3v) is 4.50. The van der Waals surface area contributed by atoms with Gasteiger partial charge in [0.2, 0.25) is 0 Å². The van der Waals surface area contributed by atoms with Crippen molar-refractivity contribution in [1.29, 1.82) is 0 Å². The van der Waals surface area contributed by atoms with Gasteiger partial charge in [-0.1, -0.05) is 32.0 Å². The highest BCUT2D eigenvalue weighted by molar-refractivity contribution is 5.17. The molecule has 1 aliphatic rings. The van der Waals surface area contributed by atoms with E-state index in [-0.39, 0.29) is 5.82 Å². The molecule has 3 heteroatoms. The molecule has 106 valence electrons. The van der Waals surface area contributed by atoms with E-state index < -0.39 is 0 Å². The third kappa shape index (κ3) is 3.34. The molecule has 1 aliphatic heterocycles. The van der Waals surface area contributed by atoms with Gasteiger partial charge in [-0.25, -0.2) is 4.39 Å². The summed E-state index contributed by atoms with van der Waals surface area (Å²) in [6.07, 6.45) is 1.15. The molecule has 0 spiro atoms. The minimum atomic E-state index is -0.0869. The van der Waals surface area contributed by atoms with Gasteiger partial charge in [0.05, 0.1) is 0 Å². The Kier molecular flexibility index (Phi) is 4.94. The molecule has 0 aromatic heterocycles. The van der Waals surface area contributed by atoms with Crippen LogP contribution in [0.25, 0.3) is 0 Å². The predicted molar refractivity (Wildman–Crippen MR) is 77.5 cm³/mol. The summed E-state index contributed by atoms with van der Waals surface area (Å²) >= 11 is 0. The highest BCUT2D eigenvalue weighted by atomic mass is 19.1. The summed E-state index contributed by atoms with van der Waals surface area (Å²) in [5.41, 5.74) is 0.809. The summed E-state index contributed by atoms with van der Waals surface area (Å²) in [6, 6.07) is 8.19. The second-order valence-electron chi connectivity index (χ2n) is 5.61. The van der Waals surface area contributed by atoms with Crippen LogP contribution in [0, 0.1) is 11.7 Å². The normalized spacial score (nSPS) is 28.5. The minimum absolute atomic E-state index is 0.0869. The van der Waals surface area contributed by atoms with Crippen molar-refractivity contribution in [2.45, 2.75) is 45.8 Å². The van der Waals surface area contributed by atoms with Crippen molar-refractivity contribution in [3.63, 3.8) is 0 Å². The smallest absolute Gasteiger partial charge is 0.127 e. The first kappa shape index (κ1) is 14.5. The molecule has 1 fully saturated rings. The lowest BCUT2D eigenvalue weighted by Crippen LogP contribution is -2.52. The van der Waals surface area contributed by atoms with Gasteiger partial charge in [0.25, 0.3) is 0 Å². The van der Waals surface area contributed by atoms with Crippen molar-refractivity contribution in [1.82, 2.24) is 10.2 Å². The molecule has 1 aromatic carbocycles. The Morgan fingerprint density at radius 3 is 2.74 bits per heavy atom. The highest BCUT2D eigenvalue weighted by Crippen LogP contribution is 2.25. The van der Waals surface area contributed by atoms with Crippen molar-refractivity contribution in [3.8, 4) is 0 Å². The molecule has 1 aromatic rings. The van der Waals surface area contributed by atoms with E-state index in [1.54, 1.807) is 12.1 Å². The Labute approximate surface area is 116 Å². The van der Waals surface area contributed by atoms with E-state index >= 15 is 0 Å². The topological polar surface area (TPSA) is 15.3 Å². The van der Waals surface area contributed by atoms with Crippen LogP contribution < -0.4 is 5.32 Å². The number of hydrogen-bond acceptors (Lipinski definition) is 2. The first-order valence-corrected chi connectivity index (χ1v) is 7.34. The number of likely N-dealkylation sites (tertiary alicyclic amines) is 1. The van der Waals surface area contributed by atoms with Gasteiger partial charge < -0.3 is 5.32 Å². The van der Waals surface area contributed by atoms with Crippen LogP contribution in [0.15, 0.2) is 24.3 Å². The van der Waals surface area contributed by atoms with E-state index in [1.165, 1.54) is 0 Å². The molecular formula is C16H25FN2. The number of rotatable bonds is 4. The van der Waals surface area contributed by atoms with Crippen LogP contribution in [-0.2, 0) is 6.54 Å². The lowest BCUT2D eigenvalue weighted by Gasteiger charge is -2.43. The van der Waals surface area contributed by atoms with Crippen LogP contribution in [0.3, 0.4) is 0 Å². The fraction of sp³-hybridized carbons (Fsp3) is 0.625. The van der Waals surface area contributed by atoms with Crippen LogP contribution >= 0.6 is 0 Å². The second kappa shape index (κ2) is 6.49. The predicted octanol–water partition coefficient (Wildman–Crippen LogP) is 3.03. The Balaban J connectivity index is 2.01. The first-order valence-electron chi connectivity index (χ1n) is 7.34. The van der Waals surface area contributed by atoms with E-state index in [0.717, 1.165) is 31.6 Å². The summed E-state index contributed by atoms with van der Waals surface area (Å²) in [7, 11) is 0. The number of halogens is 1. The number of benzene rings is 1. The molecule has 0 radical (unpaired) electrons. The fourth-order valence-corrected chi connectivity index (χ4v) is 3.06. The molecule has 1 heterocycles. The SMILES string of the molecule is CCNC1CCN(Cc2ccccc2F)C(C)C1C. The zero-order valence-corrected chi connectivity index (χ0v) is 12.2. The van der Waals surface area contributed by atoms with Gasteiger partial charge >= 0.3 is 0 Å². The number of nitrogens with zero attached hydrogens (tertiary/aromatic N) is 1. The van der Waals surface area contributed by atoms with Crippen LogP contribution in [0.4, 0.5) is 4.39 Å². The molecule has 1 N–H and O–H groups in total. The number of piperidine rings is 1. The molecule has 3 unspecified atom stereocenters. The van der Waals surface area contributed by atoms with Crippen molar-refractivity contribution in [2.75, 3.05) is 13.1 Å². The standard InChI is InChI=1S/C16H25FN2/c1-4-18-16-9-10-19(13(3)12(16)2)11-14-7-5-6-8-15(14)17/h5-8,12-13,16,18H,4,9-11H2,1-3H3. The van der Waals surface area contributed by atoms with E-state index in [9.17, 15) is 4.39 Å². The molecule has 0 bridgehead atoms. The molecule has 2 rings (SSSR count). The summed E-state index contributed by atoms with van der Waals surface area (Å²) < 4.78 is 13.7. The minimum Gasteiger partial charge on any atom is -0.314 e. The maximum atomic E-state index is 13.7. The van der Waals surface area contributed by atoms with E-state index in [2.05, 4.69) is 31.0 Å². The highest BCUT2D eigenvalue weighted by Gasteiger charge is 2.31. The van der Waals surface area contributed by atoms with Crippen LogP contribution in [0.2, 0.25) is 0 Å². The van der Waals surface area contributed by atoms with Crippen molar-refractivity contribution >= 4 is 0 Å². The van der Waals surface area contributed by atoms with Gasteiger partial charge in [-0.3, -0.25) is 4.90 Å². The van der Waals surface area contributed by atoms with E-state index in [4.69, 9.17) is 0 Å². The average molecular weight is 264 g/mol. The Bertz CT molecular complexity index is 407. The lowest BCUT2D eigenvalue weighted by molar-refractivity contribution is 0.0781. The molecular weight excluding hydrogens is 239 g/mol. The van der Waals surface area contributed by atoms with Crippen LogP contribution in [0.5, 0.6) is 0 Å². The number of hydrogen-bond donors (Lipinski definition) is 1. The molecule has 3 atom stereocenters. The third-order valence-electron chi connectivity index (χ3n) is 4.50. The fourth-order valence-electron chi connectivity index (χ4n) is 3.06. The van der Waals surface area contributed by atoms with Gasteiger partial charge in [-0.2, -0.15) is 0 Å². The van der Waals surface area contributed by atoms with Crippen molar-refractivity contribution in [3.05, 3.63) is 35.6 Å². The molecule has 2 nitrogen and oxygen atoms in total. The first-order chi connectivity index (χ1) is 9.13. The summed E-state index contributed by atoms with van der Waals surface area (Å²) in [5.74, 6) is 0.511. The quantitative estimate of drug-likeness (QED) is 0.899. The molecule has 19 heavy (non-hydrogen) atoms. The van der Waals surface area contributed by atoms with Gasteiger partial charge in [0.15, 0.2) is 0 Å². The molecule has 0 saturated carbocycles. The van der Waals surface area contributed by atoms with Crippen LogP contribution in [0.1, 0.15) is 32.8 Å². The molecule has 0 aliphatic carbocycles. The average Bonchev–Trinajstić information content (AvgIpc) is 2.41. The van der Waals surface area contributed by atoms with Crippen LogP contribution in [-0.4, -0.2) is 30.1 Å². The number of nitrogens with one attached hydrogen (secondary N) is 1. The molecule has 1 saturated heterocycles. The monoisotopic (exact) mass is 264 g/mol. The maximum Gasteiger partial charge on any atom is 0.127 e. The zero-order valence-electron chi connectivity index (χ0n) is 12.2. The second-order valence-corrected chi connectivity index (χ2v) is 5.61. The van der Waals surface area contributed by atoms with Crippen molar-refractivity contribution < 1.29 is 4.39 Å². The summed E-state index contributed by atoms with van der Waals surface area (Å²) in [4.78, 5) is 2.40. The molecule has 0 amide bonds. The zero-order chi connectivity index (χ0) is 13.8. The van der Waals surface area contributed by atoms with Gasteiger partial charge in [-0.05, 0) is 31.9 Å². The Hall–Kier alpha value is -0.930. The van der Waals surface area contributed by atoms with Gasteiger partial charge in [0, 0.05) is 30.7 Å². The van der Waals surface area contributed by atoms with Gasteiger partial charge in [0.1, 0.15) is 5.82 Å². The summed E-state index contributed by atoms with van der Waals surface area (Å²) in [6.45, 7) is 9.49. The Morgan fingerprint density at radius 1 is 1.32 bits per heavy atom. The van der Waals surface area contributed by atoms with E-state index in [0.29, 0.717) is 18.0 Å². The Morgan fingerprint density at radius 2 is 2.05 bits per heavy atom. The lowest BCUT2D eigenvalue weighted by atomic mass is 9.86.